The fraction of sp³-hybridized carbons (Fsp3) is 0.273. The largest absolute Gasteiger partial charge is 0.354 e. The number of aromatic nitrogens is 1. The van der Waals surface area contributed by atoms with Crippen LogP contribution in [0.15, 0.2) is 66.3 Å². The Bertz CT molecular complexity index is 903. The Morgan fingerprint density at radius 2 is 1.89 bits per heavy atom. The predicted octanol–water partition coefficient (Wildman–Crippen LogP) is 3.57. The van der Waals surface area contributed by atoms with Crippen molar-refractivity contribution in [3.05, 3.63) is 82.3 Å². The number of thiophene rings is 1. The van der Waals surface area contributed by atoms with Gasteiger partial charge in [-0.15, -0.1) is 11.3 Å². The van der Waals surface area contributed by atoms with Crippen molar-refractivity contribution in [2.75, 3.05) is 7.05 Å². The fourth-order valence-electron chi connectivity index (χ4n) is 3.09. The van der Waals surface area contributed by atoms with Gasteiger partial charge in [-0.2, -0.15) is 0 Å². The number of amides is 2. The van der Waals surface area contributed by atoms with Gasteiger partial charge in [-0.1, -0.05) is 36.4 Å². The summed E-state index contributed by atoms with van der Waals surface area (Å²) in [5.74, 6) is -0.312. The first-order valence-electron chi connectivity index (χ1n) is 9.34. The van der Waals surface area contributed by atoms with Gasteiger partial charge in [0.25, 0.3) is 5.91 Å². The summed E-state index contributed by atoms with van der Waals surface area (Å²) in [6.45, 7) is 3.48. The zero-order chi connectivity index (χ0) is 19.9. The van der Waals surface area contributed by atoms with Crippen molar-refractivity contribution in [3.63, 3.8) is 0 Å². The monoisotopic (exact) mass is 395 g/mol. The molecule has 1 atom stereocenters. The molecule has 0 unspecified atom stereocenters. The Labute approximate surface area is 169 Å². The van der Waals surface area contributed by atoms with Crippen molar-refractivity contribution in [3.8, 4) is 0 Å². The molecule has 0 aliphatic heterocycles. The van der Waals surface area contributed by atoms with Crippen molar-refractivity contribution in [2.24, 2.45) is 0 Å². The molecule has 2 amide bonds. The van der Waals surface area contributed by atoms with Gasteiger partial charge >= 0.3 is 0 Å². The number of hydrogen-bond donors (Lipinski definition) is 1. The van der Waals surface area contributed by atoms with Gasteiger partial charge in [0.05, 0.1) is 4.88 Å². The van der Waals surface area contributed by atoms with Gasteiger partial charge in [-0.25, -0.2) is 0 Å². The highest BCUT2D eigenvalue weighted by atomic mass is 32.1. The van der Waals surface area contributed by atoms with E-state index in [2.05, 4.69) is 16.8 Å². The number of nitrogens with zero attached hydrogens (tertiary/aromatic N) is 2. The van der Waals surface area contributed by atoms with Gasteiger partial charge < -0.3 is 14.8 Å². The molecular weight excluding hydrogens is 370 g/mol. The highest BCUT2D eigenvalue weighted by Crippen LogP contribution is 2.12. The quantitative estimate of drug-likeness (QED) is 0.634. The van der Waals surface area contributed by atoms with Crippen LogP contribution in [0.4, 0.5) is 0 Å². The molecule has 0 saturated heterocycles. The van der Waals surface area contributed by atoms with E-state index in [4.69, 9.17) is 0 Å². The minimum Gasteiger partial charge on any atom is -0.354 e. The van der Waals surface area contributed by atoms with Crippen LogP contribution in [0.5, 0.6) is 0 Å². The Morgan fingerprint density at radius 1 is 1.11 bits per heavy atom. The molecule has 5 nitrogen and oxygen atoms in total. The van der Waals surface area contributed by atoms with Crippen LogP contribution in [0.3, 0.4) is 0 Å². The lowest BCUT2D eigenvalue weighted by Gasteiger charge is -2.24. The average molecular weight is 396 g/mol. The highest BCUT2D eigenvalue weighted by molar-refractivity contribution is 7.12. The fourth-order valence-corrected chi connectivity index (χ4v) is 3.71. The van der Waals surface area contributed by atoms with Crippen molar-refractivity contribution >= 4 is 23.2 Å². The molecule has 0 fully saturated rings. The van der Waals surface area contributed by atoms with E-state index in [9.17, 15) is 9.59 Å². The van der Waals surface area contributed by atoms with Crippen molar-refractivity contribution < 1.29 is 9.59 Å². The molecule has 1 N–H and O–H groups in total. The minimum absolute atomic E-state index is 0.0991. The molecule has 0 bridgehead atoms. The predicted molar refractivity (Wildman–Crippen MR) is 112 cm³/mol. The molecule has 0 saturated carbocycles. The zero-order valence-corrected chi connectivity index (χ0v) is 17.0. The molecule has 2 heterocycles. The Hall–Kier alpha value is -2.86. The number of benzene rings is 1. The molecule has 0 spiro atoms. The molecule has 146 valence electrons. The summed E-state index contributed by atoms with van der Waals surface area (Å²) in [4.78, 5) is 28.0. The number of likely N-dealkylation sites (N-methyl/N-ethyl adjacent to an activating group) is 1. The lowest BCUT2D eigenvalue weighted by atomic mass is 10.0. The molecule has 3 aromatic rings. The van der Waals surface area contributed by atoms with Gasteiger partial charge in [-0.05, 0) is 35.6 Å². The third-order valence-corrected chi connectivity index (χ3v) is 5.47. The topological polar surface area (TPSA) is 54.3 Å². The maximum Gasteiger partial charge on any atom is 0.262 e. The maximum atomic E-state index is 13.1. The van der Waals surface area contributed by atoms with E-state index in [1.807, 2.05) is 60.2 Å². The van der Waals surface area contributed by atoms with Crippen LogP contribution >= 0.6 is 11.3 Å². The number of aryl methyl sites for hydroxylation is 1. The third-order valence-electron chi connectivity index (χ3n) is 4.60. The molecule has 3 rings (SSSR count). The van der Waals surface area contributed by atoms with E-state index < -0.39 is 6.04 Å². The van der Waals surface area contributed by atoms with E-state index >= 15 is 0 Å². The minimum atomic E-state index is -0.615. The van der Waals surface area contributed by atoms with Crippen LogP contribution in [0.2, 0.25) is 0 Å². The number of carbonyl (C=O) groups is 2. The summed E-state index contributed by atoms with van der Waals surface area (Å²) >= 11 is 1.37. The molecule has 0 aliphatic carbocycles. The van der Waals surface area contributed by atoms with Crippen LogP contribution in [-0.2, 0) is 24.3 Å². The van der Waals surface area contributed by atoms with Crippen molar-refractivity contribution in [1.29, 1.82) is 0 Å². The van der Waals surface area contributed by atoms with Crippen molar-refractivity contribution in [2.45, 2.75) is 32.5 Å². The summed E-state index contributed by atoms with van der Waals surface area (Å²) in [6.07, 6.45) is 4.50. The summed E-state index contributed by atoms with van der Waals surface area (Å²) in [5.41, 5.74) is 2.08. The van der Waals surface area contributed by atoms with Crippen LogP contribution in [-0.4, -0.2) is 34.4 Å². The second kappa shape index (κ2) is 9.37. The first-order chi connectivity index (χ1) is 13.6. The van der Waals surface area contributed by atoms with Gasteiger partial charge in [0.1, 0.15) is 6.04 Å². The Balaban J connectivity index is 1.73. The summed E-state index contributed by atoms with van der Waals surface area (Å²) in [6, 6.07) is 14.8. The third kappa shape index (κ3) is 5.10. The smallest absolute Gasteiger partial charge is 0.262 e. The normalized spacial score (nSPS) is 11.8. The second-order valence-electron chi connectivity index (χ2n) is 6.74. The first kappa shape index (κ1) is 19.9. The standard InChI is InChI=1S/C22H25N3O2S/c1-3-25-12-11-18(16-25)15-24(2)22(27)19(14-17-8-5-4-6-9-17)23-21(26)20-10-7-13-28-20/h4-13,16,19H,3,14-15H2,1-2H3,(H,23,26)/t19-/m1/s1. The second-order valence-corrected chi connectivity index (χ2v) is 7.69. The zero-order valence-electron chi connectivity index (χ0n) is 16.2. The number of hydrogen-bond acceptors (Lipinski definition) is 3. The summed E-state index contributed by atoms with van der Waals surface area (Å²) in [5, 5.41) is 4.78. The number of rotatable bonds is 8. The lowest BCUT2D eigenvalue weighted by Crippen LogP contribution is -2.48. The van der Waals surface area contributed by atoms with Crippen molar-refractivity contribution in [1.82, 2.24) is 14.8 Å². The van der Waals surface area contributed by atoms with Gasteiger partial charge in [0, 0.05) is 39.0 Å². The Morgan fingerprint density at radius 3 is 2.54 bits per heavy atom. The SMILES string of the molecule is CCn1ccc(CN(C)C(=O)[C@@H](Cc2ccccc2)NC(=O)c2cccs2)c1. The molecule has 6 heteroatoms. The molecule has 2 aromatic heterocycles. The Kier molecular flexibility index (Phi) is 6.66. The number of carbonyl (C=O) groups excluding carboxylic acids is 2. The van der Waals surface area contributed by atoms with Gasteiger partial charge in [0.2, 0.25) is 5.91 Å². The van der Waals surface area contributed by atoms with Crippen LogP contribution in [0.1, 0.15) is 27.7 Å². The van der Waals surface area contributed by atoms with Crippen LogP contribution in [0, 0.1) is 0 Å². The van der Waals surface area contributed by atoms with Crippen LogP contribution < -0.4 is 5.32 Å². The summed E-state index contributed by atoms with van der Waals surface area (Å²) in [7, 11) is 1.78. The molecule has 1 aromatic carbocycles. The molecular formula is C22H25N3O2S. The molecule has 0 aliphatic rings. The maximum absolute atomic E-state index is 13.1. The van der Waals surface area contributed by atoms with Crippen LogP contribution in [0.25, 0.3) is 0 Å². The van der Waals surface area contributed by atoms with E-state index in [0.717, 1.165) is 17.7 Å². The van der Waals surface area contributed by atoms with Gasteiger partial charge in [0.15, 0.2) is 0 Å². The lowest BCUT2D eigenvalue weighted by molar-refractivity contribution is -0.132. The van der Waals surface area contributed by atoms with Gasteiger partial charge in [-0.3, -0.25) is 9.59 Å². The number of nitrogens with one attached hydrogen (secondary N) is 1. The van der Waals surface area contributed by atoms with E-state index in [-0.39, 0.29) is 11.8 Å². The molecule has 0 radical (unpaired) electrons. The summed E-state index contributed by atoms with van der Waals surface area (Å²) < 4.78 is 2.08. The van der Waals surface area contributed by atoms with E-state index in [1.165, 1.54) is 11.3 Å². The van der Waals surface area contributed by atoms with E-state index in [0.29, 0.717) is 17.8 Å². The van der Waals surface area contributed by atoms with E-state index in [1.54, 1.807) is 18.0 Å². The average Bonchev–Trinajstić information content (AvgIpc) is 3.39. The highest BCUT2D eigenvalue weighted by Gasteiger charge is 2.25. The molecule has 28 heavy (non-hydrogen) atoms. The first-order valence-corrected chi connectivity index (χ1v) is 10.2.